The number of ether oxygens (including phenoxy) is 2. The number of aliphatic imine (C=N–C) groups is 1. The Morgan fingerprint density at radius 2 is 1.81 bits per heavy atom. The molecule has 0 spiro atoms. The first-order chi connectivity index (χ1) is 20.3. The zero-order valence-corrected chi connectivity index (χ0v) is 24.5. The number of aliphatic hydroxyl groups excluding tert-OH is 1. The van der Waals surface area contributed by atoms with Crippen LogP contribution in [0, 0.1) is 5.41 Å². The van der Waals surface area contributed by atoms with E-state index in [0.29, 0.717) is 43.2 Å². The molecular weight excluding hydrogens is 530 g/mol. The standard InChI is InChI=1S/C33H39N5O4/c1-32(2,3)18-19-35-31(40)33(22-24-10-5-4-6-11-24)29(28-13-8-7-12-26(28)23-36-38-34)42-30(37-33)25-14-16-27(17-15-25)41-21-9-20-39/h4-8,10-17,29,39H,9,18-23H2,1-3H3,(H,35,40)/t29-,33-/m1/s1. The smallest absolute Gasteiger partial charge is 0.252 e. The maximum Gasteiger partial charge on any atom is 0.252 e. The second kappa shape index (κ2) is 14.0. The first-order valence-corrected chi connectivity index (χ1v) is 14.3. The van der Waals surface area contributed by atoms with Gasteiger partial charge in [0.15, 0.2) is 11.6 Å². The summed E-state index contributed by atoms with van der Waals surface area (Å²) in [6, 6.07) is 24.7. The molecule has 1 heterocycles. The lowest BCUT2D eigenvalue weighted by Crippen LogP contribution is -2.50. The van der Waals surface area contributed by atoms with Gasteiger partial charge in [-0.25, -0.2) is 4.99 Å². The van der Waals surface area contributed by atoms with Crippen LogP contribution in [0.15, 0.2) is 89.0 Å². The molecule has 2 N–H and O–H groups in total. The van der Waals surface area contributed by atoms with Crippen molar-refractivity contribution in [2.45, 2.75) is 58.2 Å². The van der Waals surface area contributed by atoms with Gasteiger partial charge < -0.3 is 19.9 Å². The lowest BCUT2D eigenvalue weighted by Gasteiger charge is -2.32. The third-order valence-electron chi connectivity index (χ3n) is 7.15. The fourth-order valence-corrected chi connectivity index (χ4v) is 4.91. The Labute approximate surface area is 247 Å². The number of nitrogens with one attached hydrogen (secondary N) is 1. The Hall–Kier alpha value is -4.33. The molecular formula is C33H39N5O4. The van der Waals surface area contributed by atoms with Crippen molar-refractivity contribution in [2.24, 2.45) is 15.5 Å². The van der Waals surface area contributed by atoms with Gasteiger partial charge in [0.25, 0.3) is 5.91 Å². The van der Waals surface area contributed by atoms with Crippen molar-refractivity contribution in [2.75, 3.05) is 19.8 Å². The lowest BCUT2D eigenvalue weighted by atomic mass is 9.80. The minimum Gasteiger partial charge on any atom is -0.494 e. The Morgan fingerprint density at radius 3 is 2.50 bits per heavy atom. The van der Waals surface area contributed by atoms with Gasteiger partial charge in [-0.3, -0.25) is 4.79 Å². The fraction of sp³-hybridized carbons (Fsp3) is 0.394. The van der Waals surface area contributed by atoms with E-state index in [1.54, 1.807) is 0 Å². The third-order valence-corrected chi connectivity index (χ3v) is 7.15. The molecule has 9 heteroatoms. The molecule has 0 radical (unpaired) electrons. The van der Waals surface area contributed by atoms with Crippen molar-refractivity contribution in [1.82, 2.24) is 5.32 Å². The van der Waals surface area contributed by atoms with Gasteiger partial charge in [0, 0.05) is 36.5 Å². The summed E-state index contributed by atoms with van der Waals surface area (Å²) in [7, 11) is 0. The van der Waals surface area contributed by atoms with Crippen molar-refractivity contribution >= 4 is 11.8 Å². The number of carbonyl (C=O) groups is 1. The highest BCUT2D eigenvalue weighted by Gasteiger charge is 2.53. The van der Waals surface area contributed by atoms with E-state index in [-0.39, 0.29) is 24.5 Å². The van der Waals surface area contributed by atoms with E-state index >= 15 is 0 Å². The first kappa shape index (κ1) is 30.6. The van der Waals surface area contributed by atoms with Crippen LogP contribution in [0.5, 0.6) is 5.75 Å². The number of hydrogen-bond donors (Lipinski definition) is 2. The number of benzene rings is 3. The molecule has 0 saturated heterocycles. The average molecular weight is 570 g/mol. The molecule has 1 aliphatic rings. The number of azide groups is 1. The Morgan fingerprint density at radius 1 is 1.10 bits per heavy atom. The molecule has 0 saturated carbocycles. The Kier molecular flexibility index (Phi) is 10.2. The Bertz CT molecular complexity index is 1410. The molecule has 0 fully saturated rings. The van der Waals surface area contributed by atoms with E-state index in [1.807, 2.05) is 78.9 Å². The van der Waals surface area contributed by atoms with E-state index in [4.69, 9.17) is 25.1 Å². The van der Waals surface area contributed by atoms with E-state index in [0.717, 1.165) is 23.1 Å². The van der Waals surface area contributed by atoms with Gasteiger partial charge in [-0.15, -0.1) is 0 Å². The minimum atomic E-state index is -1.32. The number of aliphatic hydroxyl groups is 1. The second-order valence-electron chi connectivity index (χ2n) is 11.6. The molecule has 4 rings (SSSR count). The average Bonchev–Trinajstić information content (AvgIpc) is 3.36. The predicted octanol–water partition coefficient (Wildman–Crippen LogP) is 6.31. The highest BCUT2D eigenvalue weighted by Crippen LogP contribution is 2.44. The molecule has 0 aromatic heterocycles. The van der Waals surface area contributed by atoms with Crippen molar-refractivity contribution in [3.8, 4) is 5.75 Å². The molecule has 42 heavy (non-hydrogen) atoms. The predicted molar refractivity (Wildman–Crippen MR) is 163 cm³/mol. The highest BCUT2D eigenvalue weighted by atomic mass is 16.5. The van der Waals surface area contributed by atoms with Crippen molar-refractivity contribution < 1.29 is 19.4 Å². The van der Waals surface area contributed by atoms with Crippen LogP contribution in [0.2, 0.25) is 0 Å². The number of carbonyl (C=O) groups excluding carboxylic acids is 1. The number of amides is 1. The number of rotatable bonds is 13. The monoisotopic (exact) mass is 569 g/mol. The summed E-state index contributed by atoms with van der Waals surface area (Å²) in [6.07, 6.45) is 0.878. The summed E-state index contributed by atoms with van der Waals surface area (Å²) in [6.45, 7) is 7.50. The normalized spacial score (nSPS) is 18.0. The zero-order valence-electron chi connectivity index (χ0n) is 24.5. The Balaban J connectivity index is 1.80. The van der Waals surface area contributed by atoms with E-state index in [9.17, 15) is 4.79 Å². The second-order valence-corrected chi connectivity index (χ2v) is 11.6. The van der Waals surface area contributed by atoms with Crippen molar-refractivity contribution in [3.63, 3.8) is 0 Å². The third kappa shape index (κ3) is 7.69. The van der Waals surface area contributed by atoms with Crippen molar-refractivity contribution in [1.29, 1.82) is 0 Å². The molecule has 1 amide bonds. The number of hydrogen-bond acceptors (Lipinski definition) is 6. The van der Waals surface area contributed by atoms with Gasteiger partial charge in [-0.05, 0) is 58.3 Å². The highest BCUT2D eigenvalue weighted by molar-refractivity contribution is 6.01. The first-order valence-electron chi connectivity index (χ1n) is 14.3. The maximum atomic E-state index is 14.3. The van der Waals surface area contributed by atoms with Gasteiger partial charge in [0.2, 0.25) is 5.90 Å². The summed E-state index contributed by atoms with van der Waals surface area (Å²) < 4.78 is 12.3. The topological polar surface area (TPSA) is 129 Å². The molecule has 220 valence electrons. The van der Waals surface area contributed by atoms with Gasteiger partial charge in [0.05, 0.1) is 13.2 Å². The van der Waals surface area contributed by atoms with Crippen LogP contribution in [-0.2, 0) is 22.5 Å². The zero-order chi connectivity index (χ0) is 30.0. The van der Waals surface area contributed by atoms with Crippen LogP contribution in [-0.4, -0.2) is 42.2 Å². The quantitative estimate of drug-likeness (QED) is 0.108. The largest absolute Gasteiger partial charge is 0.494 e. The van der Waals surface area contributed by atoms with Crippen molar-refractivity contribution in [3.05, 3.63) is 112 Å². The van der Waals surface area contributed by atoms with E-state index < -0.39 is 11.6 Å². The van der Waals surface area contributed by atoms with Crippen LogP contribution in [0.25, 0.3) is 10.4 Å². The van der Waals surface area contributed by atoms with E-state index in [1.165, 1.54) is 0 Å². The summed E-state index contributed by atoms with van der Waals surface area (Å²) in [5.74, 6) is 0.790. The van der Waals surface area contributed by atoms with Crippen LogP contribution in [0.4, 0.5) is 0 Å². The minimum absolute atomic E-state index is 0.0444. The molecule has 3 aromatic carbocycles. The SMILES string of the molecule is CC(C)(C)CCNC(=O)[C@]1(Cc2ccccc2)N=C(c2ccc(OCCCO)cc2)O[C@@H]1c1ccccc1CN=[N+]=[N-]. The summed E-state index contributed by atoms with van der Waals surface area (Å²) >= 11 is 0. The summed E-state index contributed by atoms with van der Waals surface area (Å²) in [5, 5.41) is 16.0. The fourth-order valence-electron chi connectivity index (χ4n) is 4.91. The molecule has 9 nitrogen and oxygen atoms in total. The van der Waals surface area contributed by atoms with Gasteiger partial charge in [0.1, 0.15) is 5.75 Å². The van der Waals surface area contributed by atoms with Crippen LogP contribution < -0.4 is 10.1 Å². The maximum absolute atomic E-state index is 14.3. The molecule has 0 aliphatic carbocycles. The molecule has 1 aliphatic heterocycles. The summed E-state index contributed by atoms with van der Waals surface area (Å²) in [4.78, 5) is 22.4. The van der Waals surface area contributed by atoms with Crippen LogP contribution in [0.3, 0.4) is 0 Å². The molecule has 0 bridgehead atoms. The summed E-state index contributed by atoms with van der Waals surface area (Å²) in [5.41, 5.74) is 10.9. The van der Waals surface area contributed by atoms with Gasteiger partial charge in [-0.1, -0.05) is 80.5 Å². The van der Waals surface area contributed by atoms with Gasteiger partial charge >= 0.3 is 0 Å². The molecule has 3 aromatic rings. The number of nitrogens with zero attached hydrogens (tertiary/aromatic N) is 4. The molecule has 2 atom stereocenters. The van der Waals surface area contributed by atoms with Crippen LogP contribution >= 0.6 is 0 Å². The molecule has 0 unspecified atom stereocenters. The van der Waals surface area contributed by atoms with Gasteiger partial charge in [-0.2, -0.15) is 0 Å². The van der Waals surface area contributed by atoms with Crippen LogP contribution in [0.1, 0.15) is 62.0 Å². The van der Waals surface area contributed by atoms with E-state index in [2.05, 4.69) is 36.1 Å². The lowest BCUT2D eigenvalue weighted by molar-refractivity contribution is -0.129.